The van der Waals surface area contributed by atoms with Crippen LogP contribution < -0.4 is 5.32 Å². The zero-order valence-corrected chi connectivity index (χ0v) is 4.79. The molecule has 1 heterocycles. The summed E-state index contributed by atoms with van der Waals surface area (Å²) in [6, 6.07) is -0.400. The second-order valence-electron chi connectivity index (χ2n) is 1.79. The number of ether oxygens (including phenoxy) is 1. The number of hydrogen-bond acceptors (Lipinski definition) is 4. The molecular formula is C5H7NO3. The Hall–Kier alpha value is -0.740. The number of nitrogens with one attached hydrogen (secondary N) is 1. The van der Waals surface area contributed by atoms with Gasteiger partial charge in [0.15, 0.2) is 6.29 Å². The topological polar surface area (TPSA) is 55.4 Å². The number of carbonyl (C=O) groups is 2. The Labute approximate surface area is 52.2 Å². The second kappa shape index (κ2) is 2.70. The summed E-state index contributed by atoms with van der Waals surface area (Å²) >= 11 is 0. The van der Waals surface area contributed by atoms with Crippen molar-refractivity contribution < 1.29 is 14.3 Å². The zero-order chi connectivity index (χ0) is 6.69. The highest BCUT2D eigenvalue weighted by Gasteiger charge is 2.21. The molecule has 1 unspecified atom stereocenters. The molecule has 1 N–H and O–H groups in total. The van der Waals surface area contributed by atoms with E-state index in [1.54, 1.807) is 0 Å². The standard InChI is InChI=1S/C5H7NO3/c7-1-5(8)4-2-9-3-6-4/h1,4,6H,2-3H2. The first-order valence-corrected chi connectivity index (χ1v) is 2.65. The second-order valence-corrected chi connectivity index (χ2v) is 1.79. The van der Waals surface area contributed by atoms with Crippen molar-refractivity contribution in [2.45, 2.75) is 6.04 Å². The molecule has 50 valence electrons. The van der Waals surface area contributed by atoms with Crippen LogP contribution in [-0.2, 0) is 14.3 Å². The lowest BCUT2D eigenvalue weighted by Gasteiger charge is -1.97. The molecule has 0 spiro atoms. The average Bonchev–Trinajstić information content (AvgIpc) is 2.37. The highest BCUT2D eigenvalue weighted by molar-refractivity contribution is 6.27. The van der Waals surface area contributed by atoms with Crippen molar-refractivity contribution >= 4 is 12.1 Å². The normalized spacial score (nSPS) is 26.0. The van der Waals surface area contributed by atoms with E-state index in [0.29, 0.717) is 19.6 Å². The van der Waals surface area contributed by atoms with E-state index in [-0.39, 0.29) is 0 Å². The fourth-order valence-corrected chi connectivity index (χ4v) is 0.660. The quantitative estimate of drug-likeness (QED) is 0.372. The van der Waals surface area contributed by atoms with Crippen molar-refractivity contribution in [3.8, 4) is 0 Å². The maximum Gasteiger partial charge on any atom is 0.214 e. The predicted octanol–water partition coefficient (Wildman–Crippen LogP) is -1.30. The third-order valence-electron chi connectivity index (χ3n) is 1.18. The molecule has 4 heteroatoms. The van der Waals surface area contributed by atoms with Crippen LogP contribution in [0.2, 0.25) is 0 Å². The molecule has 1 atom stereocenters. The van der Waals surface area contributed by atoms with Gasteiger partial charge in [-0.2, -0.15) is 0 Å². The summed E-state index contributed by atoms with van der Waals surface area (Å²) in [6.07, 6.45) is 0.312. The lowest BCUT2D eigenvalue weighted by atomic mass is 10.2. The molecule has 0 radical (unpaired) electrons. The van der Waals surface area contributed by atoms with Crippen LogP contribution in [0.1, 0.15) is 0 Å². The van der Waals surface area contributed by atoms with E-state index >= 15 is 0 Å². The molecule has 4 nitrogen and oxygen atoms in total. The Kier molecular flexibility index (Phi) is 1.92. The van der Waals surface area contributed by atoms with Crippen LogP contribution in [0.25, 0.3) is 0 Å². The first-order chi connectivity index (χ1) is 4.34. The van der Waals surface area contributed by atoms with Gasteiger partial charge in [-0.1, -0.05) is 0 Å². The molecule has 0 aromatic rings. The van der Waals surface area contributed by atoms with Crippen LogP contribution in [0.5, 0.6) is 0 Å². The van der Waals surface area contributed by atoms with Crippen molar-refractivity contribution in [2.75, 3.05) is 13.3 Å². The van der Waals surface area contributed by atoms with Crippen LogP contribution in [0.15, 0.2) is 0 Å². The molecule has 0 aliphatic carbocycles. The number of ketones is 1. The number of rotatable bonds is 2. The van der Waals surface area contributed by atoms with E-state index in [2.05, 4.69) is 5.32 Å². The first kappa shape index (κ1) is 6.38. The van der Waals surface area contributed by atoms with Crippen LogP contribution in [0, 0.1) is 0 Å². The monoisotopic (exact) mass is 129 g/mol. The highest BCUT2D eigenvalue weighted by atomic mass is 16.5. The summed E-state index contributed by atoms with van der Waals surface area (Å²) < 4.78 is 4.79. The molecule has 0 aromatic heterocycles. The molecule has 1 saturated heterocycles. The minimum Gasteiger partial charge on any atom is -0.364 e. The summed E-state index contributed by atoms with van der Waals surface area (Å²) in [5.41, 5.74) is 0. The van der Waals surface area contributed by atoms with Crippen molar-refractivity contribution in [2.24, 2.45) is 0 Å². The molecule has 1 aliphatic rings. The zero-order valence-electron chi connectivity index (χ0n) is 4.79. The fourth-order valence-electron chi connectivity index (χ4n) is 0.660. The Morgan fingerprint density at radius 3 is 3.00 bits per heavy atom. The van der Waals surface area contributed by atoms with Gasteiger partial charge in [0.25, 0.3) is 0 Å². The third-order valence-corrected chi connectivity index (χ3v) is 1.18. The molecule has 1 rings (SSSR count). The lowest BCUT2D eigenvalue weighted by Crippen LogP contribution is -2.33. The predicted molar refractivity (Wildman–Crippen MR) is 28.8 cm³/mol. The van der Waals surface area contributed by atoms with Crippen LogP contribution >= 0.6 is 0 Å². The summed E-state index contributed by atoms with van der Waals surface area (Å²) in [5, 5.41) is 2.70. The smallest absolute Gasteiger partial charge is 0.214 e. The van der Waals surface area contributed by atoms with E-state index in [1.165, 1.54) is 0 Å². The van der Waals surface area contributed by atoms with Gasteiger partial charge in [-0.15, -0.1) is 0 Å². The van der Waals surface area contributed by atoms with Crippen molar-refractivity contribution in [3.05, 3.63) is 0 Å². The molecule has 0 bridgehead atoms. The number of hydrogen-bond donors (Lipinski definition) is 1. The van der Waals surface area contributed by atoms with E-state index < -0.39 is 11.8 Å². The maximum atomic E-state index is 10.5. The van der Waals surface area contributed by atoms with Gasteiger partial charge in [0.1, 0.15) is 0 Å². The largest absolute Gasteiger partial charge is 0.364 e. The molecule has 0 saturated carbocycles. The molecule has 0 amide bonds. The summed E-state index contributed by atoms with van der Waals surface area (Å²) in [7, 11) is 0. The van der Waals surface area contributed by atoms with Gasteiger partial charge >= 0.3 is 0 Å². The van der Waals surface area contributed by atoms with Gasteiger partial charge in [0.05, 0.1) is 19.4 Å². The Morgan fingerprint density at radius 1 is 1.78 bits per heavy atom. The van der Waals surface area contributed by atoms with E-state index in [4.69, 9.17) is 4.74 Å². The summed E-state index contributed by atoms with van der Waals surface area (Å²) in [6.45, 7) is 0.682. The summed E-state index contributed by atoms with van der Waals surface area (Å²) in [4.78, 5) is 20.4. The van der Waals surface area contributed by atoms with Crippen molar-refractivity contribution in [1.29, 1.82) is 0 Å². The SMILES string of the molecule is O=CC(=O)C1COCN1. The molecule has 0 aromatic carbocycles. The van der Waals surface area contributed by atoms with Gasteiger partial charge < -0.3 is 4.74 Å². The van der Waals surface area contributed by atoms with Gasteiger partial charge in [-0.25, -0.2) is 0 Å². The minimum atomic E-state index is -0.437. The van der Waals surface area contributed by atoms with Crippen molar-refractivity contribution in [3.63, 3.8) is 0 Å². The third kappa shape index (κ3) is 1.34. The van der Waals surface area contributed by atoms with Gasteiger partial charge in [0.2, 0.25) is 5.78 Å². The van der Waals surface area contributed by atoms with E-state index in [9.17, 15) is 9.59 Å². The minimum absolute atomic E-state index is 0.312. The molecular weight excluding hydrogens is 122 g/mol. The van der Waals surface area contributed by atoms with Crippen LogP contribution in [0.3, 0.4) is 0 Å². The number of Topliss-reactive ketones (excluding diaryl/α,β-unsaturated/α-hetero) is 1. The molecule has 1 aliphatic heterocycles. The Bertz CT molecular complexity index is 128. The van der Waals surface area contributed by atoms with E-state index in [0.717, 1.165) is 0 Å². The Balaban J connectivity index is 2.41. The first-order valence-electron chi connectivity index (χ1n) is 2.65. The van der Waals surface area contributed by atoms with Crippen molar-refractivity contribution in [1.82, 2.24) is 5.32 Å². The Morgan fingerprint density at radius 2 is 2.56 bits per heavy atom. The maximum absolute atomic E-state index is 10.5. The van der Waals surface area contributed by atoms with E-state index in [1.807, 2.05) is 0 Å². The molecule has 9 heavy (non-hydrogen) atoms. The van der Waals surface area contributed by atoms with Gasteiger partial charge in [0, 0.05) is 0 Å². The fraction of sp³-hybridized carbons (Fsp3) is 0.600. The van der Waals surface area contributed by atoms with Gasteiger partial charge in [-0.05, 0) is 0 Å². The average molecular weight is 129 g/mol. The number of aldehydes is 1. The lowest BCUT2D eigenvalue weighted by molar-refractivity contribution is -0.131. The number of carbonyl (C=O) groups excluding carboxylic acids is 2. The van der Waals surface area contributed by atoms with Crippen LogP contribution in [-0.4, -0.2) is 31.4 Å². The van der Waals surface area contributed by atoms with Gasteiger partial charge in [-0.3, -0.25) is 14.9 Å². The highest BCUT2D eigenvalue weighted by Crippen LogP contribution is 1.93. The molecule has 1 fully saturated rings. The van der Waals surface area contributed by atoms with Crippen LogP contribution in [0.4, 0.5) is 0 Å². The summed E-state index contributed by atoms with van der Waals surface area (Å²) in [5.74, 6) is -0.437.